The van der Waals surface area contributed by atoms with Crippen molar-refractivity contribution in [1.29, 1.82) is 0 Å². The normalized spacial score (nSPS) is 16.1. The van der Waals surface area contributed by atoms with E-state index < -0.39 is 18.3 Å². The summed E-state index contributed by atoms with van der Waals surface area (Å²) in [5.74, 6) is 0.237. The summed E-state index contributed by atoms with van der Waals surface area (Å²) in [4.78, 5) is 40.9. The number of amides is 2. The summed E-state index contributed by atoms with van der Waals surface area (Å²) >= 11 is 0. The number of hydrogen-bond acceptors (Lipinski definition) is 9. The van der Waals surface area contributed by atoms with Gasteiger partial charge < -0.3 is 25.6 Å². The van der Waals surface area contributed by atoms with Crippen molar-refractivity contribution in [3.63, 3.8) is 0 Å². The summed E-state index contributed by atoms with van der Waals surface area (Å²) in [6.07, 6.45) is 2.62. The van der Waals surface area contributed by atoms with Gasteiger partial charge in [0.1, 0.15) is 24.6 Å². The molecule has 0 radical (unpaired) electrons. The molecule has 0 spiro atoms. The third-order valence-electron chi connectivity index (χ3n) is 6.83. The second kappa shape index (κ2) is 13.4. The van der Waals surface area contributed by atoms with Crippen LogP contribution in [-0.4, -0.2) is 77.9 Å². The Kier molecular flexibility index (Phi) is 9.68. The molecule has 0 aliphatic carbocycles. The monoisotopic (exact) mass is 576 g/mol. The largest absolute Gasteiger partial charge is 0.447 e. The van der Waals surface area contributed by atoms with Gasteiger partial charge in [-0.05, 0) is 82.4 Å². The summed E-state index contributed by atoms with van der Waals surface area (Å²) in [6.45, 7) is 10.4. The van der Waals surface area contributed by atoms with Crippen molar-refractivity contribution in [3.05, 3.63) is 66.6 Å². The second-order valence-electron chi connectivity index (χ2n) is 10.4. The number of rotatable bonds is 12. The van der Waals surface area contributed by atoms with Crippen LogP contribution in [0.2, 0.25) is 0 Å². The number of alkyl halides is 1. The van der Waals surface area contributed by atoms with Crippen molar-refractivity contribution >= 4 is 35.1 Å². The predicted octanol–water partition coefficient (Wildman–Crippen LogP) is 4.80. The highest BCUT2D eigenvalue weighted by molar-refractivity contribution is 5.99. The fourth-order valence-corrected chi connectivity index (χ4v) is 4.55. The molecule has 1 fully saturated rings. The van der Waals surface area contributed by atoms with Crippen molar-refractivity contribution in [1.82, 2.24) is 19.9 Å². The molecule has 1 saturated heterocycles. The minimum Gasteiger partial charge on any atom is -0.447 e. The first kappa shape index (κ1) is 30.4. The minimum atomic E-state index is -1.28. The molecule has 1 aromatic carbocycles. The van der Waals surface area contributed by atoms with Crippen LogP contribution < -0.4 is 20.9 Å². The fourth-order valence-electron chi connectivity index (χ4n) is 4.55. The van der Waals surface area contributed by atoms with Crippen LogP contribution in [0, 0.1) is 6.92 Å². The molecule has 3 aromatic rings. The maximum Gasteiger partial charge on any atom is 0.416 e. The number of carbonyl (C=O) groups excluding carboxylic acids is 2. The van der Waals surface area contributed by atoms with Gasteiger partial charge in [-0.1, -0.05) is 6.58 Å². The number of pyridine rings is 1. The maximum atomic E-state index is 14.1. The predicted molar refractivity (Wildman–Crippen MR) is 163 cm³/mol. The maximum absolute atomic E-state index is 14.1. The number of aryl methyl sites for hydroxylation is 1. The van der Waals surface area contributed by atoms with Crippen molar-refractivity contribution in [3.8, 4) is 11.1 Å². The number of carbonyl (C=O) groups is 2. The molecule has 42 heavy (non-hydrogen) atoms. The van der Waals surface area contributed by atoms with Gasteiger partial charge in [0.05, 0.1) is 11.7 Å². The highest BCUT2D eigenvalue weighted by Gasteiger charge is 2.39. The lowest BCUT2D eigenvalue weighted by Crippen LogP contribution is -2.39. The summed E-state index contributed by atoms with van der Waals surface area (Å²) in [7, 11) is 4.02. The Morgan fingerprint density at radius 1 is 1.24 bits per heavy atom. The molecule has 222 valence electrons. The van der Waals surface area contributed by atoms with Crippen LogP contribution in [0.1, 0.15) is 31.1 Å². The van der Waals surface area contributed by atoms with Gasteiger partial charge in [-0.3, -0.25) is 14.7 Å². The van der Waals surface area contributed by atoms with E-state index in [0.29, 0.717) is 5.69 Å². The summed E-state index contributed by atoms with van der Waals surface area (Å²) < 4.78 is 19.1. The lowest BCUT2D eigenvalue weighted by atomic mass is 9.99. The average Bonchev–Trinajstić information content (AvgIpc) is 3.34. The molecule has 4 rings (SSSR count). The van der Waals surface area contributed by atoms with E-state index in [9.17, 15) is 14.0 Å². The fraction of sp³-hybridized carbons (Fsp3) is 0.367. The number of nitrogens with one attached hydrogen (secondary N) is 3. The zero-order chi connectivity index (χ0) is 30.4. The standard InChI is InChI=1S/C30H37FN8O3/c1-7-28(40)36-23-14-21(13-22(15-23)32-10-11-38(5)6)24-16-34-25(12-18(24)2)20(4)35-29-33-9-8-27(37-29)39-26(19(3)31)17-42-30(39)41/h7-9,12-16,19-20,26,32H,1,10-11,17H2,2-6H3,(H,36,40)(H,33,35,37)/t19-,20-,26+/m0/s1. The Labute approximate surface area is 245 Å². The number of ether oxygens (including phenoxy) is 1. The van der Waals surface area contributed by atoms with Crippen LogP contribution >= 0.6 is 0 Å². The molecule has 3 N–H and O–H groups in total. The van der Waals surface area contributed by atoms with Crippen LogP contribution in [0.3, 0.4) is 0 Å². The number of hydrogen-bond donors (Lipinski definition) is 3. The molecule has 1 aliphatic rings. The average molecular weight is 577 g/mol. The third-order valence-corrected chi connectivity index (χ3v) is 6.83. The molecule has 3 heterocycles. The van der Waals surface area contributed by atoms with Crippen LogP contribution in [0.5, 0.6) is 0 Å². The smallest absolute Gasteiger partial charge is 0.416 e. The quantitative estimate of drug-likeness (QED) is 0.261. The van der Waals surface area contributed by atoms with Crippen molar-refractivity contribution < 1.29 is 18.7 Å². The number of nitrogens with zero attached hydrogens (tertiary/aromatic N) is 5. The van der Waals surface area contributed by atoms with Gasteiger partial charge in [-0.25, -0.2) is 14.2 Å². The van der Waals surface area contributed by atoms with Gasteiger partial charge in [0.15, 0.2) is 0 Å². The van der Waals surface area contributed by atoms with E-state index in [1.54, 1.807) is 12.3 Å². The van der Waals surface area contributed by atoms with Crippen molar-refractivity contribution in [2.75, 3.05) is 54.6 Å². The minimum absolute atomic E-state index is 0.0353. The number of anilines is 4. The van der Waals surface area contributed by atoms with E-state index in [0.717, 1.165) is 41.2 Å². The van der Waals surface area contributed by atoms with Crippen LogP contribution in [-0.2, 0) is 9.53 Å². The summed E-state index contributed by atoms with van der Waals surface area (Å²) in [6, 6.07) is 8.30. The summed E-state index contributed by atoms with van der Waals surface area (Å²) in [5.41, 5.74) is 5.05. The molecule has 0 unspecified atom stereocenters. The first-order chi connectivity index (χ1) is 20.0. The van der Waals surface area contributed by atoms with Gasteiger partial charge in [0.25, 0.3) is 0 Å². The Bertz CT molecular complexity index is 1450. The Hall–Kier alpha value is -4.58. The van der Waals surface area contributed by atoms with Gasteiger partial charge in [-0.2, -0.15) is 4.98 Å². The molecular formula is C30H37FN8O3. The van der Waals surface area contributed by atoms with Crippen molar-refractivity contribution in [2.45, 2.75) is 39.0 Å². The van der Waals surface area contributed by atoms with Crippen LogP contribution in [0.4, 0.5) is 32.3 Å². The number of halogens is 1. The second-order valence-corrected chi connectivity index (χ2v) is 10.4. The third kappa shape index (κ3) is 7.38. The molecule has 3 atom stereocenters. The number of aromatic nitrogens is 3. The molecule has 1 aliphatic heterocycles. The van der Waals surface area contributed by atoms with E-state index in [-0.39, 0.29) is 30.3 Å². The SMILES string of the molecule is C=CC(=O)Nc1cc(NCCN(C)C)cc(-c2cnc([C@H](C)Nc3nccc(N4C(=O)OC[C@@H]4[C@H](C)F)n3)cc2C)c1. The van der Waals surface area contributed by atoms with E-state index in [4.69, 9.17) is 9.72 Å². The highest BCUT2D eigenvalue weighted by atomic mass is 19.1. The van der Waals surface area contributed by atoms with E-state index >= 15 is 0 Å². The molecule has 2 aromatic heterocycles. The first-order valence-corrected chi connectivity index (χ1v) is 13.7. The zero-order valence-corrected chi connectivity index (χ0v) is 24.5. The number of likely N-dealkylation sites (N-methyl/N-ethyl adjacent to an activating group) is 1. The lowest BCUT2D eigenvalue weighted by Gasteiger charge is -2.22. The van der Waals surface area contributed by atoms with E-state index in [1.165, 1.54) is 24.1 Å². The summed E-state index contributed by atoms with van der Waals surface area (Å²) in [5, 5.41) is 9.48. The van der Waals surface area contributed by atoms with Crippen LogP contribution in [0.25, 0.3) is 11.1 Å². The Morgan fingerprint density at radius 2 is 2.00 bits per heavy atom. The number of benzene rings is 1. The topological polar surface area (TPSA) is 125 Å². The van der Waals surface area contributed by atoms with E-state index in [1.807, 2.05) is 52.2 Å². The van der Waals surface area contributed by atoms with E-state index in [2.05, 4.69) is 37.4 Å². The molecule has 12 heteroatoms. The molecule has 2 amide bonds. The van der Waals surface area contributed by atoms with Gasteiger partial charge in [0, 0.05) is 42.4 Å². The highest BCUT2D eigenvalue weighted by Crippen LogP contribution is 2.31. The van der Waals surface area contributed by atoms with Gasteiger partial charge in [-0.15, -0.1) is 0 Å². The molecule has 0 saturated carbocycles. The molecule has 11 nitrogen and oxygen atoms in total. The molecular weight excluding hydrogens is 539 g/mol. The van der Waals surface area contributed by atoms with Gasteiger partial charge in [0.2, 0.25) is 11.9 Å². The molecule has 0 bridgehead atoms. The Morgan fingerprint density at radius 3 is 2.69 bits per heavy atom. The lowest BCUT2D eigenvalue weighted by molar-refractivity contribution is -0.111. The van der Waals surface area contributed by atoms with Crippen LogP contribution in [0.15, 0.2) is 55.4 Å². The van der Waals surface area contributed by atoms with Crippen molar-refractivity contribution in [2.24, 2.45) is 0 Å². The first-order valence-electron chi connectivity index (χ1n) is 13.7. The zero-order valence-electron chi connectivity index (χ0n) is 24.5. The number of cyclic esters (lactones) is 1. The Balaban J connectivity index is 1.55. The van der Waals surface area contributed by atoms with Gasteiger partial charge >= 0.3 is 6.09 Å².